The van der Waals surface area contributed by atoms with Crippen LogP contribution in [-0.4, -0.2) is 59.4 Å². The fourth-order valence-corrected chi connectivity index (χ4v) is 3.24. The summed E-state index contributed by atoms with van der Waals surface area (Å²) in [5.74, 6) is -0.387. The topological polar surface area (TPSA) is 43.9 Å². The summed E-state index contributed by atoms with van der Waals surface area (Å²) in [7, 11) is 0. The number of likely N-dealkylation sites (tertiary alicyclic amines) is 1. The van der Waals surface area contributed by atoms with Crippen LogP contribution in [0.4, 0.5) is 9.18 Å². The second-order valence-corrected chi connectivity index (χ2v) is 6.36. The lowest BCUT2D eigenvalue weighted by Crippen LogP contribution is -2.41. The first-order chi connectivity index (χ1) is 11.0. The molecule has 3 amide bonds. The molecule has 0 aromatic heterocycles. The zero-order valence-corrected chi connectivity index (χ0v) is 13.6. The summed E-state index contributed by atoms with van der Waals surface area (Å²) in [4.78, 5) is 29.6. The Balaban J connectivity index is 1.59. The number of hydrogen-bond donors (Lipinski definition) is 0. The molecule has 124 valence electrons. The first-order valence-corrected chi connectivity index (χ1v) is 8.18. The Morgan fingerprint density at radius 3 is 2.52 bits per heavy atom. The van der Waals surface area contributed by atoms with Crippen LogP contribution >= 0.6 is 11.6 Å². The van der Waals surface area contributed by atoms with Crippen molar-refractivity contribution in [3.8, 4) is 0 Å². The van der Waals surface area contributed by atoms with Crippen molar-refractivity contribution < 1.29 is 14.0 Å². The second-order valence-electron chi connectivity index (χ2n) is 5.95. The molecule has 0 spiro atoms. The van der Waals surface area contributed by atoms with Crippen LogP contribution < -0.4 is 0 Å². The maximum absolute atomic E-state index is 13.1. The zero-order valence-electron chi connectivity index (χ0n) is 12.8. The monoisotopic (exact) mass is 339 g/mol. The van der Waals surface area contributed by atoms with Crippen LogP contribution in [0, 0.1) is 5.82 Å². The van der Waals surface area contributed by atoms with Gasteiger partial charge in [-0.15, -0.1) is 0 Å². The number of benzene rings is 1. The minimum Gasteiger partial charge on any atom is -0.341 e. The van der Waals surface area contributed by atoms with Gasteiger partial charge in [-0.05, 0) is 30.5 Å². The van der Waals surface area contributed by atoms with E-state index in [1.54, 1.807) is 15.9 Å². The highest BCUT2D eigenvalue weighted by Crippen LogP contribution is 2.21. The fraction of sp³-hybridized carbons (Fsp3) is 0.500. The van der Waals surface area contributed by atoms with E-state index in [0.29, 0.717) is 30.2 Å². The van der Waals surface area contributed by atoms with E-state index < -0.39 is 5.82 Å². The third-order valence-corrected chi connectivity index (χ3v) is 4.69. The minimum absolute atomic E-state index is 0.0116. The van der Waals surface area contributed by atoms with Gasteiger partial charge < -0.3 is 14.7 Å². The van der Waals surface area contributed by atoms with Gasteiger partial charge in [-0.2, -0.15) is 0 Å². The summed E-state index contributed by atoms with van der Waals surface area (Å²) in [6.07, 6.45) is 2.07. The number of hydrogen-bond acceptors (Lipinski definition) is 2. The van der Waals surface area contributed by atoms with Crippen LogP contribution in [0.2, 0.25) is 5.02 Å². The molecule has 0 aliphatic carbocycles. The van der Waals surface area contributed by atoms with Crippen LogP contribution in [0.1, 0.15) is 18.4 Å². The molecule has 0 bridgehead atoms. The Bertz CT molecular complexity index is 619. The summed E-state index contributed by atoms with van der Waals surface area (Å²) in [5.41, 5.74) is 0.703. The molecule has 1 aromatic rings. The lowest BCUT2D eigenvalue weighted by atomic mass is 10.2. The lowest BCUT2D eigenvalue weighted by Gasteiger charge is -2.21. The number of nitrogens with zero attached hydrogens (tertiary/aromatic N) is 3. The quantitative estimate of drug-likeness (QED) is 0.845. The number of carbonyl (C=O) groups excluding carboxylic acids is 2. The summed E-state index contributed by atoms with van der Waals surface area (Å²) in [6.45, 7) is 3.10. The second kappa shape index (κ2) is 6.74. The van der Waals surface area contributed by atoms with Crippen molar-refractivity contribution in [3.63, 3.8) is 0 Å². The van der Waals surface area contributed by atoms with Crippen molar-refractivity contribution >= 4 is 23.5 Å². The number of halogens is 2. The van der Waals surface area contributed by atoms with Gasteiger partial charge in [0.1, 0.15) is 12.4 Å². The Labute approximate surface area is 139 Å². The highest BCUT2D eigenvalue weighted by atomic mass is 35.5. The summed E-state index contributed by atoms with van der Waals surface area (Å²) < 4.78 is 13.1. The van der Waals surface area contributed by atoms with Crippen LogP contribution in [0.3, 0.4) is 0 Å². The van der Waals surface area contributed by atoms with Crippen molar-refractivity contribution in [1.82, 2.24) is 14.7 Å². The standard InChI is InChI=1S/C16H19ClFN3O2/c17-14-9-13(18)4-3-12(14)10-20-7-8-21(16(20)23)11-15(22)19-5-1-2-6-19/h3-4,9H,1-2,5-8,10-11H2. The van der Waals surface area contributed by atoms with Gasteiger partial charge in [0, 0.05) is 37.7 Å². The van der Waals surface area contributed by atoms with Gasteiger partial charge in [0.25, 0.3) is 0 Å². The maximum Gasteiger partial charge on any atom is 0.320 e. The molecular weight excluding hydrogens is 321 g/mol. The Hall–Kier alpha value is -1.82. The van der Waals surface area contributed by atoms with E-state index in [1.165, 1.54) is 12.1 Å². The largest absolute Gasteiger partial charge is 0.341 e. The van der Waals surface area contributed by atoms with E-state index in [4.69, 9.17) is 11.6 Å². The van der Waals surface area contributed by atoms with Gasteiger partial charge in [-0.1, -0.05) is 17.7 Å². The predicted molar refractivity (Wildman–Crippen MR) is 84.6 cm³/mol. The van der Waals surface area contributed by atoms with Gasteiger partial charge in [-0.25, -0.2) is 9.18 Å². The third-order valence-electron chi connectivity index (χ3n) is 4.34. The predicted octanol–water partition coefficient (Wildman–Crippen LogP) is 2.34. The van der Waals surface area contributed by atoms with Crippen molar-refractivity contribution in [2.24, 2.45) is 0 Å². The van der Waals surface area contributed by atoms with Gasteiger partial charge in [-0.3, -0.25) is 4.79 Å². The van der Waals surface area contributed by atoms with Crippen molar-refractivity contribution in [2.75, 3.05) is 32.7 Å². The first kappa shape index (κ1) is 16.1. The van der Waals surface area contributed by atoms with E-state index in [1.807, 2.05) is 4.90 Å². The highest BCUT2D eigenvalue weighted by Gasteiger charge is 2.31. The Morgan fingerprint density at radius 1 is 1.13 bits per heavy atom. The fourth-order valence-electron chi connectivity index (χ4n) is 3.01. The van der Waals surface area contributed by atoms with Crippen molar-refractivity contribution in [1.29, 1.82) is 0 Å². The Kier molecular flexibility index (Phi) is 4.71. The van der Waals surface area contributed by atoms with Crippen LogP contribution in [0.15, 0.2) is 18.2 Å². The molecule has 5 nitrogen and oxygen atoms in total. The minimum atomic E-state index is -0.399. The number of rotatable bonds is 4. The molecule has 23 heavy (non-hydrogen) atoms. The SMILES string of the molecule is O=C(CN1CCN(Cc2ccc(F)cc2Cl)C1=O)N1CCCC1. The summed E-state index contributed by atoms with van der Waals surface area (Å²) in [5, 5.41) is 0.310. The molecule has 0 saturated carbocycles. The summed E-state index contributed by atoms with van der Waals surface area (Å²) in [6, 6.07) is 3.99. The van der Waals surface area contributed by atoms with Gasteiger partial charge in [0.05, 0.1) is 0 Å². The third kappa shape index (κ3) is 3.58. The van der Waals surface area contributed by atoms with Gasteiger partial charge in [0.15, 0.2) is 0 Å². The Morgan fingerprint density at radius 2 is 1.83 bits per heavy atom. The molecular formula is C16H19ClFN3O2. The molecule has 1 aromatic carbocycles. The van der Waals surface area contributed by atoms with Crippen LogP contribution in [0.5, 0.6) is 0 Å². The van der Waals surface area contributed by atoms with Crippen LogP contribution in [0.25, 0.3) is 0 Å². The average molecular weight is 340 g/mol. The molecule has 2 aliphatic rings. The normalized spacial score (nSPS) is 18.2. The molecule has 7 heteroatoms. The van der Waals surface area contributed by atoms with Crippen molar-refractivity contribution in [3.05, 3.63) is 34.6 Å². The smallest absolute Gasteiger partial charge is 0.320 e. The molecule has 3 rings (SSSR count). The first-order valence-electron chi connectivity index (χ1n) is 7.80. The summed E-state index contributed by atoms with van der Waals surface area (Å²) >= 11 is 6.01. The number of amides is 3. The van der Waals surface area contributed by atoms with E-state index in [9.17, 15) is 14.0 Å². The molecule has 0 unspecified atom stereocenters. The number of urea groups is 1. The molecule has 2 saturated heterocycles. The van der Waals surface area contributed by atoms with Gasteiger partial charge >= 0.3 is 6.03 Å². The molecule has 2 aliphatic heterocycles. The van der Waals surface area contributed by atoms with E-state index in [2.05, 4.69) is 0 Å². The highest BCUT2D eigenvalue weighted by molar-refractivity contribution is 6.31. The molecule has 0 radical (unpaired) electrons. The molecule has 2 fully saturated rings. The molecule has 0 N–H and O–H groups in total. The van der Waals surface area contributed by atoms with E-state index >= 15 is 0 Å². The zero-order chi connectivity index (χ0) is 16.4. The van der Waals surface area contributed by atoms with Crippen molar-refractivity contribution in [2.45, 2.75) is 19.4 Å². The van der Waals surface area contributed by atoms with Crippen LogP contribution in [-0.2, 0) is 11.3 Å². The molecule has 0 atom stereocenters. The van der Waals surface area contributed by atoms with E-state index in [0.717, 1.165) is 25.9 Å². The average Bonchev–Trinajstić information content (AvgIpc) is 3.15. The number of carbonyl (C=O) groups is 2. The van der Waals surface area contributed by atoms with E-state index in [-0.39, 0.29) is 18.5 Å². The van der Waals surface area contributed by atoms with Gasteiger partial charge in [0.2, 0.25) is 5.91 Å². The lowest BCUT2D eigenvalue weighted by molar-refractivity contribution is -0.130. The maximum atomic E-state index is 13.1. The molecule has 2 heterocycles.